The zero-order valence-corrected chi connectivity index (χ0v) is 28.8. The molecule has 266 valence electrons. The van der Waals surface area contributed by atoms with E-state index in [2.05, 4.69) is 60.7 Å². The summed E-state index contributed by atoms with van der Waals surface area (Å²) in [5.41, 5.74) is 4.42. The van der Waals surface area contributed by atoms with Gasteiger partial charge < -0.3 is 38.4 Å². The van der Waals surface area contributed by atoms with Crippen molar-refractivity contribution in [3.05, 3.63) is 113 Å². The fourth-order valence-electron chi connectivity index (χ4n) is 6.57. The van der Waals surface area contributed by atoms with Crippen molar-refractivity contribution in [1.82, 2.24) is 4.90 Å². The highest BCUT2D eigenvalue weighted by Crippen LogP contribution is 2.32. The largest absolute Gasteiger partial charge is 0.494 e. The molecule has 3 atom stereocenters. The van der Waals surface area contributed by atoms with E-state index in [0.717, 1.165) is 71.1 Å². The van der Waals surface area contributed by atoms with Crippen LogP contribution in [0.3, 0.4) is 0 Å². The van der Waals surface area contributed by atoms with Crippen molar-refractivity contribution in [2.75, 3.05) is 46.1 Å². The van der Waals surface area contributed by atoms with Crippen molar-refractivity contribution < 1.29 is 38.3 Å². The van der Waals surface area contributed by atoms with Crippen LogP contribution < -0.4 is 4.74 Å². The van der Waals surface area contributed by atoms with E-state index in [4.69, 9.17) is 28.4 Å². The lowest BCUT2D eigenvalue weighted by Crippen LogP contribution is -2.46. The van der Waals surface area contributed by atoms with Gasteiger partial charge in [-0.1, -0.05) is 66.7 Å². The molecule has 4 aromatic rings. The Morgan fingerprint density at radius 3 is 2.26 bits per heavy atom. The monoisotopic (exact) mass is 683 g/mol. The molecule has 4 aromatic carbocycles. The fourth-order valence-corrected chi connectivity index (χ4v) is 6.57. The van der Waals surface area contributed by atoms with E-state index in [1.807, 2.05) is 30.3 Å². The summed E-state index contributed by atoms with van der Waals surface area (Å²) in [5, 5.41) is 12.0. The minimum Gasteiger partial charge on any atom is -0.494 e. The third-order valence-electron chi connectivity index (χ3n) is 9.32. The second kappa shape index (κ2) is 18.8. The molecule has 0 aromatic heterocycles. The highest BCUT2D eigenvalue weighted by atomic mass is 16.7. The zero-order valence-electron chi connectivity index (χ0n) is 28.8. The number of carboxylic acid groups (broad SMARTS) is 1. The van der Waals surface area contributed by atoms with Crippen LogP contribution in [0.2, 0.25) is 0 Å². The van der Waals surface area contributed by atoms with Crippen LogP contribution in [0, 0.1) is 0 Å². The molecule has 0 aliphatic carbocycles. The van der Waals surface area contributed by atoms with E-state index in [9.17, 15) is 9.90 Å². The molecule has 3 unspecified atom stereocenters. The third-order valence-corrected chi connectivity index (χ3v) is 9.32. The fraction of sp³-hybridized carbons (Fsp3) is 0.439. The van der Waals surface area contributed by atoms with Gasteiger partial charge in [0.05, 0.1) is 58.9 Å². The number of rotatable bonds is 17. The van der Waals surface area contributed by atoms with Gasteiger partial charge in [0.15, 0.2) is 6.29 Å². The number of carbonyl (C=O) groups is 1. The minimum absolute atomic E-state index is 0.0731. The van der Waals surface area contributed by atoms with Crippen LogP contribution in [-0.4, -0.2) is 74.6 Å². The van der Waals surface area contributed by atoms with E-state index in [1.54, 1.807) is 0 Å². The van der Waals surface area contributed by atoms with Crippen LogP contribution in [-0.2, 0) is 43.5 Å². The van der Waals surface area contributed by atoms with E-state index < -0.39 is 6.09 Å². The summed E-state index contributed by atoms with van der Waals surface area (Å²) >= 11 is 0. The molecule has 2 heterocycles. The first kappa shape index (κ1) is 35.8. The highest BCUT2D eigenvalue weighted by molar-refractivity contribution is 5.83. The molecule has 2 aliphatic heterocycles. The average Bonchev–Trinajstić information content (AvgIpc) is 3.16. The Kier molecular flexibility index (Phi) is 13.5. The van der Waals surface area contributed by atoms with E-state index in [0.29, 0.717) is 65.8 Å². The molecule has 2 aliphatic rings. The molecule has 2 saturated heterocycles. The predicted molar refractivity (Wildman–Crippen MR) is 191 cm³/mol. The molecule has 6 rings (SSSR count). The lowest BCUT2D eigenvalue weighted by atomic mass is 9.87. The Morgan fingerprint density at radius 2 is 1.50 bits per heavy atom. The number of fused-ring (bicyclic) bond motifs is 1. The van der Waals surface area contributed by atoms with Gasteiger partial charge in [-0.05, 0) is 83.0 Å². The standard InChI is InChI=1S/C41H49NO8/c43-41(44)42-19-18-38(35-14-16-37(17-15-35)47-22-6-20-45-28-31-7-2-1-3-8-31)39(27-42)50-30-33-11-13-34-12-10-32(25-36(34)26-33)29-46-23-24-49-40-9-4-5-21-48-40/h1-3,7-8,10-17,25-26,38-40H,4-6,9,18-24,27-30H2,(H,43,44). The van der Waals surface area contributed by atoms with Crippen molar-refractivity contribution in [2.24, 2.45) is 0 Å². The second-order valence-electron chi connectivity index (χ2n) is 13.0. The number of nitrogens with zero attached hydrogens (tertiary/aromatic N) is 1. The van der Waals surface area contributed by atoms with E-state index in [1.165, 1.54) is 4.90 Å². The maximum absolute atomic E-state index is 11.9. The first-order valence-corrected chi connectivity index (χ1v) is 17.9. The van der Waals surface area contributed by atoms with Crippen LogP contribution in [0.1, 0.15) is 60.3 Å². The first-order chi connectivity index (χ1) is 24.6. The highest BCUT2D eigenvalue weighted by Gasteiger charge is 2.33. The molecule has 0 radical (unpaired) electrons. The molecule has 1 N–H and O–H groups in total. The van der Waals surface area contributed by atoms with Gasteiger partial charge in [0, 0.05) is 25.5 Å². The van der Waals surface area contributed by atoms with Gasteiger partial charge in [-0.25, -0.2) is 4.79 Å². The van der Waals surface area contributed by atoms with Crippen molar-refractivity contribution in [2.45, 2.75) is 70.2 Å². The molecule has 0 spiro atoms. The molecule has 9 nitrogen and oxygen atoms in total. The molecule has 1 amide bonds. The van der Waals surface area contributed by atoms with Crippen LogP contribution in [0.4, 0.5) is 4.79 Å². The molecule has 0 saturated carbocycles. The Morgan fingerprint density at radius 1 is 0.740 bits per heavy atom. The van der Waals surface area contributed by atoms with Crippen LogP contribution >= 0.6 is 0 Å². The van der Waals surface area contributed by atoms with Crippen LogP contribution in [0.15, 0.2) is 91.0 Å². The Labute approximate surface area is 295 Å². The van der Waals surface area contributed by atoms with Gasteiger partial charge in [-0.15, -0.1) is 0 Å². The number of amides is 1. The summed E-state index contributed by atoms with van der Waals surface area (Å²) < 4.78 is 35.5. The number of likely N-dealkylation sites (tertiary alicyclic amines) is 1. The summed E-state index contributed by atoms with van der Waals surface area (Å²) in [6.45, 7) is 5.31. The normalized spacial score (nSPS) is 19.4. The molecular formula is C41H49NO8. The lowest BCUT2D eigenvalue weighted by molar-refractivity contribution is -0.169. The Bertz CT molecular complexity index is 1610. The van der Waals surface area contributed by atoms with Gasteiger partial charge in [0.2, 0.25) is 0 Å². The van der Waals surface area contributed by atoms with Crippen molar-refractivity contribution in [1.29, 1.82) is 0 Å². The average molecular weight is 684 g/mol. The van der Waals surface area contributed by atoms with Crippen LogP contribution in [0.5, 0.6) is 5.75 Å². The van der Waals surface area contributed by atoms with E-state index in [-0.39, 0.29) is 18.3 Å². The summed E-state index contributed by atoms with van der Waals surface area (Å²) in [4.78, 5) is 13.3. The van der Waals surface area contributed by atoms with Gasteiger partial charge in [-0.3, -0.25) is 0 Å². The Hall–Kier alpha value is -3.99. The summed E-state index contributed by atoms with van der Waals surface area (Å²) in [5.74, 6) is 0.879. The molecule has 2 fully saturated rings. The van der Waals surface area contributed by atoms with Gasteiger partial charge in [0.25, 0.3) is 0 Å². The SMILES string of the molecule is O=C(O)N1CCC(c2ccc(OCCCOCc3ccccc3)cc2)C(OCc2ccc3ccc(COCCOC4CCCCO4)cc3c2)C1. The number of hydrogen-bond acceptors (Lipinski definition) is 7. The van der Waals surface area contributed by atoms with Gasteiger partial charge in [-0.2, -0.15) is 0 Å². The number of piperidine rings is 1. The van der Waals surface area contributed by atoms with Gasteiger partial charge in [0.1, 0.15) is 5.75 Å². The number of benzene rings is 4. The number of ether oxygens (including phenoxy) is 6. The van der Waals surface area contributed by atoms with E-state index >= 15 is 0 Å². The molecule has 50 heavy (non-hydrogen) atoms. The maximum Gasteiger partial charge on any atom is 0.407 e. The summed E-state index contributed by atoms with van der Waals surface area (Å²) in [6.07, 6.45) is 3.41. The van der Waals surface area contributed by atoms with Crippen molar-refractivity contribution in [3.63, 3.8) is 0 Å². The summed E-state index contributed by atoms with van der Waals surface area (Å²) in [7, 11) is 0. The third kappa shape index (κ3) is 10.8. The lowest BCUT2D eigenvalue weighted by Gasteiger charge is -2.37. The zero-order chi connectivity index (χ0) is 34.4. The first-order valence-electron chi connectivity index (χ1n) is 17.9. The summed E-state index contributed by atoms with van der Waals surface area (Å²) in [6, 6.07) is 31.0. The topological polar surface area (TPSA) is 95.9 Å². The molecular weight excluding hydrogens is 634 g/mol. The smallest absolute Gasteiger partial charge is 0.407 e. The molecule has 0 bridgehead atoms. The van der Waals surface area contributed by atoms with Crippen molar-refractivity contribution >= 4 is 16.9 Å². The van der Waals surface area contributed by atoms with Crippen LogP contribution in [0.25, 0.3) is 10.8 Å². The Balaban J connectivity index is 0.987. The second-order valence-corrected chi connectivity index (χ2v) is 13.0. The molecule has 9 heteroatoms. The maximum atomic E-state index is 11.9. The predicted octanol–water partition coefficient (Wildman–Crippen LogP) is 7.94. The number of hydrogen-bond donors (Lipinski definition) is 1. The quantitative estimate of drug-likeness (QED) is 0.112. The van der Waals surface area contributed by atoms with Crippen molar-refractivity contribution in [3.8, 4) is 5.75 Å². The minimum atomic E-state index is -0.914. The van der Waals surface area contributed by atoms with Gasteiger partial charge >= 0.3 is 6.09 Å².